The number of aromatic amines is 1. The molecule has 1 heterocycles. The van der Waals surface area contributed by atoms with Gasteiger partial charge >= 0.3 is 0 Å². The van der Waals surface area contributed by atoms with E-state index in [4.69, 9.17) is 0 Å². The largest absolute Gasteiger partial charge is 0.348 e. The van der Waals surface area contributed by atoms with Crippen molar-refractivity contribution in [3.63, 3.8) is 0 Å². The van der Waals surface area contributed by atoms with Gasteiger partial charge in [-0.05, 0) is 25.2 Å². The van der Waals surface area contributed by atoms with Crippen LogP contribution in [0.2, 0.25) is 0 Å². The van der Waals surface area contributed by atoms with Crippen LogP contribution >= 0.6 is 0 Å². The maximum Gasteiger partial charge on any atom is 0.254 e. The summed E-state index contributed by atoms with van der Waals surface area (Å²) in [4.78, 5) is 13.9. The second-order valence-corrected chi connectivity index (χ2v) is 4.68. The standard InChI is InChI=1S/C14H18N4O/c1-18(2)10-12-6-4-3-5-11(12)7-15-14(19)13-8-16-17-9-13/h3-6,8-9H,7,10H2,1-2H3,(H,15,19)(H,16,17). The van der Waals surface area contributed by atoms with Crippen LogP contribution in [0.4, 0.5) is 0 Å². The Balaban J connectivity index is 2.01. The molecule has 19 heavy (non-hydrogen) atoms. The summed E-state index contributed by atoms with van der Waals surface area (Å²) < 4.78 is 0. The Kier molecular flexibility index (Phi) is 4.30. The number of rotatable bonds is 5. The van der Waals surface area contributed by atoms with Crippen LogP contribution in [0, 0.1) is 0 Å². The van der Waals surface area contributed by atoms with Crippen LogP contribution in [0.25, 0.3) is 0 Å². The van der Waals surface area contributed by atoms with Gasteiger partial charge in [0.05, 0.1) is 11.8 Å². The Hall–Kier alpha value is -2.14. The van der Waals surface area contributed by atoms with Crippen molar-refractivity contribution >= 4 is 5.91 Å². The molecule has 0 fully saturated rings. The maximum absolute atomic E-state index is 11.8. The number of aromatic nitrogens is 2. The average Bonchev–Trinajstić information content (AvgIpc) is 2.90. The molecule has 0 radical (unpaired) electrons. The lowest BCUT2D eigenvalue weighted by atomic mass is 10.1. The summed E-state index contributed by atoms with van der Waals surface area (Å²) in [5.41, 5.74) is 2.90. The molecule has 5 heteroatoms. The van der Waals surface area contributed by atoms with Crippen molar-refractivity contribution in [2.24, 2.45) is 0 Å². The van der Waals surface area contributed by atoms with Crippen molar-refractivity contribution in [3.8, 4) is 0 Å². The Morgan fingerprint density at radius 2 is 2.05 bits per heavy atom. The van der Waals surface area contributed by atoms with Gasteiger partial charge in [0.2, 0.25) is 0 Å². The predicted octanol–water partition coefficient (Wildman–Crippen LogP) is 1.40. The molecule has 0 bridgehead atoms. The fourth-order valence-electron chi connectivity index (χ4n) is 1.88. The van der Waals surface area contributed by atoms with Gasteiger partial charge in [0.25, 0.3) is 5.91 Å². The van der Waals surface area contributed by atoms with E-state index in [1.807, 2.05) is 32.3 Å². The number of hydrogen-bond acceptors (Lipinski definition) is 3. The van der Waals surface area contributed by atoms with Crippen LogP contribution in [0.3, 0.4) is 0 Å². The molecule has 100 valence electrons. The topological polar surface area (TPSA) is 61.0 Å². The van der Waals surface area contributed by atoms with E-state index in [1.165, 1.54) is 11.8 Å². The molecule has 0 atom stereocenters. The first-order valence-corrected chi connectivity index (χ1v) is 6.15. The number of carbonyl (C=O) groups is 1. The summed E-state index contributed by atoms with van der Waals surface area (Å²) in [6, 6.07) is 8.12. The van der Waals surface area contributed by atoms with Crippen molar-refractivity contribution in [2.45, 2.75) is 13.1 Å². The normalized spacial score (nSPS) is 10.7. The van der Waals surface area contributed by atoms with Crippen molar-refractivity contribution in [3.05, 3.63) is 53.3 Å². The van der Waals surface area contributed by atoms with E-state index < -0.39 is 0 Å². The van der Waals surface area contributed by atoms with Gasteiger partial charge in [-0.2, -0.15) is 5.10 Å². The highest BCUT2D eigenvalue weighted by atomic mass is 16.1. The van der Waals surface area contributed by atoms with Gasteiger partial charge in [-0.3, -0.25) is 9.89 Å². The Bertz CT molecular complexity index is 534. The number of H-pyrrole nitrogens is 1. The van der Waals surface area contributed by atoms with Crippen molar-refractivity contribution in [2.75, 3.05) is 14.1 Å². The van der Waals surface area contributed by atoms with Crippen LogP contribution in [-0.2, 0) is 13.1 Å². The van der Waals surface area contributed by atoms with E-state index in [1.54, 1.807) is 6.20 Å². The summed E-state index contributed by atoms with van der Waals surface area (Å²) in [5.74, 6) is -0.117. The molecule has 0 saturated carbocycles. The van der Waals surface area contributed by atoms with E-state index >= 15 is 0 Å². The number of nitrogens with zero attached hydrogens (tertiary/aromatic N) is 2. The van der Waals surface area contributed by atoms with E-state index in [2.05, 4.69) is 26.5 Å². The molecular weight excluding hydrogens is 240 g/mol. The summed E-state index contributed by atoms with van der Waals surface area (Å²) in [7, 11) is 4.06. The van der Waals surface area contributed by atoms with Gasteiger partial charge in [0, 0.05) is 19.3 Å². The minimum Gasteiger partial charge on any atom is -0.348 e. The summed E-state index contributed by atoms with van der Waals surface area (Å²) in [6.07, 6.45) is 3.10. The second-order valence-electron chi connectivity index (χ2n) is 4.68. The Morgan fingerprint density at radius 3 is 2.68 bits per heavy atom. The first-order valence-electron chi connectivity index (χ1n) is 6.15. The third-order valence-electron chi connectivity index (χ3n) is 2.80. The van der Waals surface area contributed by atoms with Gasteiger partial charge in [-0.25, -0.2) is 0 Å². The second kappa shape index (κ2) is 6.15. The van der Waals surface area contributed by atoms with Crippen molar-refractivity contribution in [1.82, 2.24) is 20.4 Å². The predicted molar refractivity (Wildman–Crippen MR) is 73.6 cm³/mol. The summed E-state index contributed by atoms with van der Waals surface area (Å²) >= 11 is 0. The summed E-state index contributed by atoms with van der Waals surface area (Å²) in [6.45, 7) is 1.38. The quantitative estimate of drug-likeness (QED) is 0.852. The maximum atomic E-state index is 11.8. The van der Waals surface area contributed by atoms with E-state index in [0.717, 1.165) is 12.1 Å². The molecule has 2 N–H and O–H groups in total. The first kappa shape index (κ1) is 13.3. The fourth-order valence-corrected chi connectivity index (χ4v) is 1.88. The van der Waals surface area contributed by atoms with E-state index in [-0.39, 0.29) is 5.91 Å². The van der Waals surface area contributed by atoms with E-state index in [0.29, 0.717) is 12.1 Å². The smallest absolute Gasteiger partial charge is 0.254 e. The lowest BCUT2D eigenvalue weighted by molar-refractivity contribution is 0.0951. The summed E-state index contributed by atoms with van der Waals surface area (Å²) in [5, 5.41) is 9.29. The molecule has 0 saturated heterocycles. The van der Waals surface area contributed by atoms with Crippen LogP contribution in [0.5, 0.6) is 0 Å². The lowest BCUT2D eigenvalue weighted by Crippen LogP contribution is -2.23. The molecule has 1 aromatic heterocycles. The SMILES string of the molecule is CN(C)Cc1ccccc1CNC(=O)c1cn[nH]c1. The van der Waals surface area contributed by atoms with Gasteiger partial charge in [-0.15, -0.1) is 0 Å². The number of benzene rings is 1. The average molecular weight is 258 g/mol. The fraction of sp³-hybridized carbons (Fsp3) is 0.286. The molecule has 0 aliphatic rings. The minimum absolute atomic E-state index is 0.117. The molecule has 1 aromatic carbocycles. The van der Waals surface area contributed by atoms with E-state index in [9.17, 15) is 4.79 Å². The Morgan fingerprint density at radius 1 is 1.32 bits per heavy atom. The molecule has 2 rings (SSSR count). The van der Waals surface area contributed by atoms with Crippen molar-refractivity contribution < 1.29 is 4.79 Å². The molecule has 0 unspecified atom stereocenters. The number of amides is 1. The first-order chi connectivity index (χ1) is 9.16. The minimum atomic E-state index is -0.117. The molecular formula is C14H18N4O. The molecule has 5 nitrogen and oxygen atoms in total. The van der Waals surface area contributed by atoms with Crippen LogP contribution in [-0.4, -0.2) is 35.1 Å². The van der Waals surface area contributed by atoms with Crippen molar-refractivity contribution in [1.29, 1.82) is 0 Å². The molecule has 0 aliphatic heterocycles. The lowest BCUT2D eigenvalue weighted by Gasteiger charge is -2.14. The number of nitrogens with one attached hydrogen (secondary N) is 2. The number of hydrogen-bond donors (Lipinski definition) is 2. The molecule has 0 spiro atoms. The highest BCUT2D eigenvalue weighted by Crippen LogP contribution is 2.10. The van der Waals surface area contributed by atoms with Crippen LogP contribution in [0.15, 0.2) is 36.7 Å². The monoisotopic (exact) mass is 258 g/mol. The zero-order valence-electron chi connectivity index (χ0n) is 11.2. The number of carbonyl (C=O) groups excluding carboxylic acids is 1. The van der Waals surface area contributed by atoms with Gasteiger partial charge in [0.1, 0.15) is 0 Å². The highest BCUT2D eigenvalue weighted by Gasteiger charge is 2.08. The van der Waals surface area contributed by atoms with Crippen LogP contribution < -0.4 is 5.32 Å². The Labute approximate surface area is 112 Å². The van der Waals surface area contributed by atoms with Gasteiger partial charge in [-0.1, -0.05) is 24.3 Å². The van der Waals surface area contributed by atoms with Crippen LogP contribution in [0.1, 0.15) is 21.5 Å². The third kappa shape index (κ3) is 3.66. The van der Waals surface area contributed by atoms with Gasteiger partial charge in [0.15, 0.2) is 0 Å². The molecule has 2 aromatic rings. The molecule has 1 amide bonds. The molecule has 0 aliphatic carbocycles. The zero-order chi connectivity index (χ0) is 13.7. The van der Waals surface area contributed by atoms with Gasteiger partial charge < -0.3 is 10.2 Å². The highest BCUT2D eigenvalue weighted by molar-refractivity contribution is 5.93. The third-order valence-corrected chi connectivity index (χ3v) is 2.80. The zero-order valence-corrected chi connectivity index (χ0v) is 11.2.